The van der Waals surface area contributed by atoms with Gasteiger partial charge >= 0.3 is 0 Å². The summed E-state index contributed by atoms with van der Waals surface area (Å²) < 4.78 is 13.9. The number of hydrogen-bond acceptors (Lipinski definition) is 1. The monoisotopic (exact) mass is 285 g/mol. The molecule has 1 aliphatic rings. The molecule has 0 aromatic heterocycles. The van der Waals surface area contributed by atoms with Crippen LogP contribution in [-0.2, 0) is 0 Å². The standard InChI is InChI=1S/C13H17BrFN/c1-2-16-13(7-9-3-4-9)11-6-5-10(15)8-12(11)14/h5-6,8-9,13,16H,2-4,7H2,1H3. The highest BCUT2D eigenvalue weighted by Crippen LogP contribution is 2.39. The summed E-state index contributed by atoms with van der Waals surface area (Å²) >= 11 is 3.45. The highest BCUT2D eigenvalue weighted by molar-refractivity contribution is 9.10. The van der Waals surface area contributed by atoms with Crippen LogP contribution >= 0.6 is 15.9 Å². The summed E-state index contributed by atoms with van der Waals surface area (Å²) in [5, 5.41) is 3.48. The molecule has 0 radical (unpaired) electrons. The molecule has 2 rings (SSSR count). The minimum Gasteiger partial charge on any atom is -0.310 e. The van der Waals surface area contributed by atoms with Gasteiger partial charge in [-0.25, -0.2) is 4.39 Å². The molecule has 0 spiro atoms. The summed E-state index contributed by atoms with van der Waals surface area (Å²) in [4.78, 5) is 0. The molecule has 1 unspecified atom stereocenters. The highest BCUT2D eigenvalue weighted by Gasteiger charge is 2.26. The summed E-state index contributed by atoms with van der Waals surface area (Å²) in [6, 6.07) is 5.33. The van der Waals surface area contributed by atoms with Crippen LogP contribution in [0.1, 0.15) is 37.8 Å². The van der Waals surface area contributed by atoms with Gasteiger partial charge in [-0.3, -0.25) is 0 Å². The van der Waals surface area contributed by atoms with Crippen molar-refractivity contribution in [3.05, 3.63) is 34.1 Å². The third-order valence-corrected chi connectivity index (χ3v) is 3.74. The van der Waals surface area contributed by atoms with E-state index in [2.05, 4.69) is 28.2 Å². The van der Waals surface area contributed by atoms with E-state index in [9.17, 15) is 4.39 Å². The first-order chi connectivity index (χ1) is 7.70. The van der Waals surface area contributed by atoms with Crippen molar-refractivity contribution in [3.63, 3.8) is 0 Å². The van der Waals surface area contributed by atoms with Crippen molar-refractivity contribution in [3.8, 4) is 0 Å². The Morgan fingerprint density at radius 1 is 1.50 bits per heavy atom. The molecule has 0 aliphatic heterocycles. The number of hydrogen-bond donors (Lipinski definition) is 1. The van der Waals surface area contributed by atoms with E-state index in [1.165, 1.54) is 24.5 Å². The van der Waals surface area contributed by atoms with Gasteiger partial charge in [0, 0.05) is 10.5 Å². The van der Waals surface area contributed by atoms with Gasteiger partial charge in [0.1, 0.15) is 5.82 Å². The van der Waals surface area contributed by atoms with Crippen molar-refractivity contribution >= 4 is 15.9 Å². The average Bonchev–Trinajstić information content (AvgIpc) is 3.01. The summed E-state index contributed by atoms with van der Waals surface area (Å²) in [6.45, 7) is 3.05. The van der Waals surface area contributed by atoms with E-state index >= 15 is 0 Å². The van der Waals surface area contributed by atoms with E-state index in [1.807, 2.05) is 6.07 Å². The second-order valence-corrected chi connectivity index (χ2v) is 5.31. The molecule has 88 valence electrons. The summed E-state index contributed by atoms with van der Waals surface area (Å²) in [6.07, 6.45) is 3.86. The van der Waals surface area contributed by atoms with E-state index in [4.69, 9.17) is 0 Å². The molecular weight excluding hydrogens is 269 g/mol. The van der Waals surface area contributed by atoms with Crippen molar-refractivity contribution in [1.82, 2.24) is 5.32 Å². The number of rotatable bonds is 5. The van der Waals surface area contributed by atoms with Gasteiger partial charge in [-0.1, -0.05) is 41.8 Å². The number of nitrogens with one attached hydrogen (secondary N) is 1. The van der Waals surface area contributed by atoms with E-state index in [0.717, 1.165) is 23.4 Å². The Kier molecular flexibility index (Phi) is 3.98. The SMILES string of the molecule is CCNC(CC1CC1)c1ccc(F)cc1Br. The summed E-state index contributed by atoms with van der Waals surface area (Å²) in [5.74, 6) is 0.679. The van der Waals surface area contributed by atoms with Crippen molar-refractivity contribution in [2.24, 2.45) is 5.92 Å². The molecule has 1 aliphatic carbocycles. The normalized spacial score (nSPS) is 17.4. The lowest BCUT2D eigenvalue weighted by molar-refractivity contribution is 0.484. The lowest BCUT2D eigenvalue weighted by atomic mass is 10.0. The zero-order valence-electron chi connectivity index (χ0n) is 9.47. The van der Waals surface area contributed by atoms with Crippen LogP contribution in [0.25, 0.3) is 0 Å². The first-order valence-corrected chi connectivity index (χ1v) is 6.68. The van der Waals surface area contributed by atoms with Gasteiger partial charge in [0.05, 0.1) is 0 Å². The van der Waals surface area contributed by atoms with Crippen molar-refractivity contribution < 1.29 is 4.39 Å². The molecule has 1 N–H and O–H groups in total. The predicted molar refractivity (Wildman–Crippen MR) is 67.9 cm³/mol. The van der Waals surface area contributed by atoms with Crippen LogP contribution in [0.15, 0.2) is 22.7 Å². The lowest BCUT2D eigenvalue weighted by Gasteiger charge is -2.19. The van der Waals surface area contributed by atoms with Crippen LogP contribution in [0.5, 0.6) is 0 Å². The third-order valence-electron chi connectivity index (χ3n) is 3.05. The molecular formula is C13H17BrFN. The van der Waals surface area contributed by atoms with Gasteiger partial charge in [-0.05, 0) is 36.6 Å². The molecule has 0 bridgehead atoms. The molecule has 0 heterocycles. The van der Waals surface area contributed by atoms with Crippen LogP contribution in [-0.4, -0.2) is 6.54 Å². The molecule has 0 saturated heterocycles. The molecule has 1 atom stereocenters. The molecule has 0 amide bonds. The summed E-state index contributed by atoms with van der Waals surface area (Å²) in [5.41, 5.74) is 1.18. The van der Waals surface area contributed by atoms with Crippen LogP contribution in [0, 0.1) is 11.7 Å². The zero-order valence-corrected chi connectivity index (χ0v) is 11.1. The largest absolute Gasteiger partial charge is 0.310 e. The van der Waals surface area contributed by atoms with Crippen LogP contribution in [0.2, 0.25) is 0 Å². The fourth-order valence-electron chi connectivity index (χ4n) is 2.04. The van der Waals surface area contributed by atoms with Crippen molar-refractivity contribution in [2.75, 3.05) is 6.54 Å². The zero-order chi connectivity index (χ0) is 11.5. The van der Waals surface area contributed by atoms with Crippen LogP contribution < -0.4 is 5.32 Å². The average molecular weight is 286 g/mol. The fourth-order valence-corrected chi connectivity index (χ4v) is 2.66. The molecule has 3 heteroatoms. The van der Waals surface area contributed by atoms with Gasteiger partial charge in [-0.15, -0.1) is 0 Å². The molecule has 1 aromatic rings. The Hall–Kier alpha value is -0.410. The second-order valence-electron chi connectivity index (χ2n) is 4.46. The molecule has 1 aromatic carbocycles. The van der Waals surface area contributed by atoms with Crippen molar-refractivity contribution in [2.45, 2.75) is 32.2 Å². The van der Waals surface area contributed by atoms with Gasteiger partial charge in [0.15, 0.2) is 0 Å². The maximum atomic E-state index is 13.0. The predicted octanol–water partition coefficient (Wildman–Crippen LogP) is 4.04. The first kappa shape index (κ1) is 12.1. The Morgan fingerprint density at radius 2 is 2.25 bits per heavy atom. The quantitative estimate of drug-likeness (QED) is 0.861. The van der Waals surface area contributed by atoms with Gasteiger partial charge in [0.25, 0.3) is 0 Å². The van der Waals surface area contributed by atoms with Crippen LogP contribution in [0.3, 0.4) is 0 Å². The molecule has 1 fully saturated rings. The Balaban J connectivity index is 2.15. The van der Waals surface area contributed by atoms with Gasteiger partial charge < -0.3 is 5.32 Å². The number of benzene rings is 1. The minimum atomic E-state index is -0.183. The molecule has 16 heavy (non-hydrogen) atoms. The Labute approximate surface area is 105 Å². The molecule has 1 nitrogen and oxygen atoms in total. The van der Waals surface area contributed by atoms with Crippen LogP contribution in [0.4, 0.5) is 4.39 Å². The van der Waals surface area contributed by atoms with Crippen molar-refractivity contribution in [1.29, 1.82) is 0 Å². The first-order valence-electron chi connectivity index (χ1n) is 5.89. The highest BCUT2D eigenvalue weighted by atomic mass is 79.9. The Bertz CT molecular complexity index is 363. The topological polar surface area (TPSA) is 12.0 Å². The third kappa shape index (κ3) is 3.05. The van der Waals surface area contributed by atoms with E-state index in [0.29, 0.717) is 6.04 Å². The van der Waals surface area contributed by atoms with Gasteiger partial charge in [-0.2, -0.15) is 0 Å². The lowest BCUT2D eigenvalue weighted by Crippen LogP contribution is -2.21. The number of halogens is 2. The Morgan fingerprint density at radius 3 is 2.81 bits per heavy atom. The van der Waals surface area contributed by atoms with Gasteiger partial charge in [0.2, 0.25) is 0 Å². The second kappa shape index (κ2) is 5.28. The summed E-state index contributed by atoms with van der Waals surface area (Å²) in [7, 11) is 0. The van der Waals surface area contributed by atoms with E-state index in [-0.39, 0.29) is 5.82 Å². The minimum absolute atomic E-state index is 0.183. The maximum absolute atomic E-state index is 13.0. The molecule has 1 saturated carbocycles. The maximum Gasteiger partial charge on any atom is 0.124 e. The smallest absolute Gasteiger partial charge is 0.124 e. The fraction of sp³-hybridized carbons (Fsp3) is 0.538. The van der Waals surface area contributed by atoms with E-state index < -0.39 is 0 Å². The van der Waals surface area contributed by atoms with E-state index in [1.54, 1.807) is 6.07 Å².